The molecule has 5 heteroatoms. The van der Waals surface area contributed by atoms with Crippen LogP contribution in [0.25, 0.3) is 0 Å². The van der Waals surface area contributed by atoms with Crippen molar-refractivity contribution in [1.82, 2.24) is 4.98 Å². The van der Waals surface area contributed by atoms with Crippen molar-refractivity contribution in [2.45, 2.75) is 6.92 Å². The van der Waals surface area contributed by atoms with Gasteiger partial charge in [-0.25, -0.2) is 0 Å². The molecule has 0 radical (unpaired) electrons. The second-order valence-corrected chi connectivity index (χ2v) is 2.03. The highest BCUT2D eigenvalue weighted by atomic mass is 16.6. The van der Waals surface area contributed by atoms with Gasteiger partial charge in [-0.05, 0) is 16.0 Å². The number of pyridine rings is 1. The molecule has 0 saturated carbocycles. The van der Waals surface area contributed by atoms with E-state index in [4.69, 9.17) is 5.11 Å². The topological polar surface area (TPSA) is 76.3 Å². The van der Waals surface area contributed by atoms with Crippen molar-refractivity contribution in [3.05, 3.63) is 27.9 Å². The predicted octanol–water partition coefficient (Wildman–Crippen LogP) is 1.00. The molecule has 0 fully saturated rings. The van der Waals surface area contributed by atoms with Crippen molar-refractivity contribution in [3.8, 4) is 5.75 Å². The number of hydrogen-bond donors (Lipinski definition) is 1. The zero-order valence-electron chi connectivity index (χ0n) is 5.81. The summed E-state index contributed by atoms with van der Waals surface area (Å²) in [6.07, 6.45) is 0. The molecule has 1 aromatic rings. The molecule has 0 unspecified atom stereocenters. The molecule has 0 aliphatic rings. The first-order chi connectivity index (χ1) is 5.11. The summed E-state index contributed by atoms with van der Waals surface area (Å²) in [6, 6.07) is 2.41. The van der Waals surface area contributed by atoms with Gasteiger partial charge in [-0.15, -0.1) is 0 Å². The van der Waals surface area contributed by atoms with Crippen LogP contribution in [0.15, 0.2) is 12.1 Å². The Morgan fingerprint density at radius 1 is 1.64 bits per heavy atom. The van der Waals surface area contributed by atoms with Gasteiger partial charge in [0.1, 0.15) is 0 Å². The lowest BCUT2D eigenvalue weighted by molar-refractivity contribution is -0.389. The van der Waals surface area contributed by atoms with Crippen molar-refractivity contribution in [3.63, 3.8) is 0 Å². The molecule has 1 aromatic heterocycles. The number of rotatable bonds is 1. The van der Waals surface area contributed by atoms with Crippen molar-refractivity contribution in [1.29, 1.82) is 0 Å². The van der Waals surface area contributed by atoms with E-state index in [1.807, 2.05) is 0 Å². The smallest absolute Gasteiger partial charge is 0.363 e. The highest BCUT2D eigenvalue weighted by Crippen LogP contribution is 2.16. The molecular weight excluding hydrogens is 148 g/mol. The molecule has 1 rings (SSSR count). The van der Waals surface area contributed by atoms with Gasteiger partial charge in [0.25, 0.3) is 0 Å². The Labute approximate surface area is 62.5 Å². The number of aromatic nitrogens is 1. The summed E-state index contributed by atoms with van der Waals surface area (Å²) in [5.74, 6) is -0.282. The van der Waals surface area contributed by atoms with Crippen LogP contribution in [0.1, 0.15) is 5.69 Å². The maximum Gasteiger partial charge on any atom is 0.363 e. The zero-order chi connectivity index (χ0) is 8.43. The minimum absolute atomic E-state index is 0.0319. The van der Waals surface area contributed by atoms with Gasteiger partial charge in [-0.3, -0.25) is 0 Å². The number of aromatic hydroxyl groups is 1. The van der Waals surface area contributed by atoms with Crippen LogP contribution in [0, 0.1) is 17.0 Å². The number of hydrogen-bond acceptors (Lipinski definition) is 4. The molecule has 0 spiro atoms. The zero-order valence-corrected chi connectivity index (χ0v) is 5.81. The van der Waals surface area contributed by atoms with Gasteiger partial charge in [-0.2, -0.15) is 0 Å². The third-order valence-corrected chi connectivity index (χ3v) is 1.23. The Kier molecular flexibility index (Phi) is 1.72. The average molecular weight is 154 g/mol. The first kappa shape index (κ1) is 7.46. The quantitative estimate of drug-likeness (QED) is 0.483. The molecule has 1 heterocycles. The van der Waals surface area contributed by atoms with Crippen molar-refractivity contribution >= 4 is 5.82 Å². The fraction of sp³-hybridized carbons (Fsp3) is 0.167. The van der Waals surface area contributed by atoms with Crippen LogP contribution in [0.2, 0.25) is 0 Å². The van der Waals surface area contributed by atoms with E-state index < -0.39 is 4.92 Å². The standard InChI is InChI=1S/C6H6N2O3/c1-4-5(9)2-3-6(7-4)8(10)11/h2-3,9H,1H3. The Morgan fingerprint density at radius 3 is 2.73 bits per heavy atom. The van der Waals surface area contributed by atoms with E-state index in [0.717, 1.165) is 6.07 Å². The van der Waals surface area contributed by atoms with Gasteiger partial charge in [0.2, 0.25) is 0 Å². The fourth-order valence-electron chi connectivity index (χ4n) is 0.642. The summed E-state index contributed by atoms with van der Waals surface area (Å²) >= 11 is 0. The van der Waals surface area contributed by atoms with Crippen LogP contribution in [0.3, 0.4) is 0 Å². The average Bonchev–Trinajstić information content (AvgIpc) is 1.94. The minimum Gasteiger partial charge on any atom is -0.504 e. The maximum absolute atomic E-state index is 10.1. The largest absolute Gasteiger partial charge is 0.504 e. The van der Waals surface area contributed by atoms with Crippen molar-refractivity contribution < 1.29 is 10.0 Å². The van der Waals surface area contributed by atoms with Gasteiger partial charge in [-0.1, -0.05) is 0 Å². The third kappa shape index (κ3) is 1.43. The van der Waals surface area contributed by atoms with E-state index in [0.29, 0.717) is 0 Å². The molecule has 11 heavy (non-hydrogen) atoms. The Bertz CT molecular complexity index is 298. The van der Waals surface area contributed by atoms with E-state index in [1.54, 1.807) is 0 Å². The summed E-state index contributed by atoms with van der Waals surface area (Å²) in [6.45, 7) is 1.50. The Hall–Kier alpha value is -1.65. The van der Waals surface area contributed by atoms with Gasteiger partial charge in [0.05, 0.1) is 0 Å². The normalized spacial score (nSPS) is 9.55. The SMILES string of the molecule is Cc1nc([N+](=O)[O-])ccc1O. The van der Waals surface area contributed by atoms with E-state index in [-0.39, 0.29) is 17.3 Å². The molecule has 1 N–H and O–H groups in total. The lowest BCUT2D eigenvalue weighted by Crippen LogP contribution is -1.92. The lowest BCUT2D eigenvalue weighted by atomic mass is 10.3. The molecule has 0 atom stereocenters. The Balaban J connectivity index is 3.15. The van der Waals surface area contributed by atoms with Gasteiger partial charge >= 0.3 is 5.82 Å². The first-order valence-electron chi connectivity index (χ1n) is 2.92. The lowest BCUT2D eigenvalue weighted by Gasteiger charge is -1.93. The Morgan fingerprint density at radius 2 is 2.27 bits per heavy atom. The van der Waals surface area contributed by atoms with E-state index >= 15 is 0 Å². The molecule has 0 aromatic carbocycles. The predicted molar refractivity (Wildman–Crippen MR) is 37.3 cm³/mol. The second kappa shape index (κ2) is 2.53. The molecule has 5 nitrogen and oxygen atoms in total. The second-order valence-electron chi connectivity index (χ2n) is 2.03. The van der Waals surface area contributed by atoms with Crippen LogP contribution in [-0.2, 0) is 0 Å². The number of nitro groups is 1. The van der Waals surface area contributed by atoms with E-state index in [9.17, 15) is 10.1 Å². The molecule has 0 bridgehead atoms. The van der Waals surface area contributed by atoms with Crippen molar-refractivity contribution in [2.75, 3.05) is 0 Å². The number of nitrogens with zero attached hydrogens (tertiary/aromatic N) is 2. The monoisotopic (exact) mass is 154 g/mol. The highest BCUT2D eigenvalue weighted by Gasteiger charge is 2.09. The molecule has 0 aliphatic carbocycles. The summed E-state index contributed by atoms with van der Waals surface area (Å²) in [7, 11) is 0. The fourth-order valence-corrected chi connectivity index (χ4v) is 0.642. The maximum atomic E-state index is 10.1. The van der Waals surface area contributed by atoms with Crippen LogP contribution in [0.5, 0.6) is 5.75 Å². The van der Waals surface area contributed by atoms with E-state index in [2.05, 4.69) is 4.98 Å². The summed E-state index contributed by atoms with van der Waals surface area (Å²) in [4.78, 5) is 13.0. The van der Waals surface area contributed by atoms with Crippen LogP contribution in [0.4, 0.5) is 5.82 Å². The summed E-state index contributed by atoms with van der Waals surface area (Å²) in [5.41, 5.74) is 0.263. The summed E-state index contributed by atoms with van der Waals surface area (Å²) < 4.78 is 0. The van der Waals surface area contributed by atoms with Crippen molar-refractivity contribution in [2.24, 2.45) is 0 Å². The van der Waals surface area contributed by atoms with Gasteiger partial charge in [0.15, 0.2) is 11.4 Å². The molecule has 0 amide bonds. The van der Waals surface area contributed by atoms with Gasteiger partial charge in [0, 0.05) is 13.0 Å². The number of aryl methyl sites for hydroxylation is 1. The van der Waals surface area contributed by atoms with Crippen LogP contribution in [-0.4, -0.2) is 15.0 Å². The molecule has 58 valence electrons. The van der Waals surface area contributed by atoms with Crippen LogP contribution < -0.4 is 0 Å². The van der Waals surface area contributed by atoms with E-state index in [1.165, 1.54) is 13.0 Å². The highest BCUT2D eigenvalue weighted by molar-refractivity contribution is 5.31. The molecule has 0 aliphatic heterocycles. The third-order valence-electron chi connectivity index (χ3n) is 1.23. The van der Waals surface area contributed by atoms with Crippen LogP contribution >= 0.6 is 0 Å². The molecular formula is C6H6N2O3. The first-order valence-corrected chi connectivity index (χ1v) is 2.92. The van der Waals surface area contributed by atoms with Gasteiger partial charge < -0.3 is 15.2 Å². The molecule has 0 saturated heterocycles. The summed E-state index contributed by atoms with van der Waals surface area (Å²) in [5, 5.41) is 19.1. The minimum atomic E-state index is -0.605.